The number of nitrogens with zero attached hydrogens (tertiary/aromatic N) is 2. The average Bonchev–Trinajstić information content (AvgIpc) is 3.46. The lowest BCUT2D eigenvalue weighted by molar-refractivity contribution is 0.342. The van der Waals surface area contributed by atoms with Crippen molar-refractivity contribution >= 4 is 23.3 Å². The molecule has 2 unspecified atom stereocenters. The standard InChI is InChI=1S/C18H38.C14H19N3.C14H28.2C13H28.C4H8/c1-5-7-8-9-10-11-12-13-14-15-16-18(4)17(3)6-2;1-4-9(2)16-13-10(3)11-7-5-6-8-12(11)17-14(13)15;1-6-8-9-10-11-13(3)12-14(4,5)7-2;2*1-3-5-7-9-11-13-12-10-8-6-4-2;1-3-4-2/h17-18H,5-16H2,1-4H3;5,7H,4,6,8H2,1-3H3,(H2,15,17);3,6-12H2,1-2,4-5H3;2*3-13H2,1-2H3;3H,1,4H2,2H3. The summed E-state index contributed by atoms with van der Waals surface area (Å²) in [6, 6.07) is 0. The summed E-state index contributed by atoms with van der Waals surface area (Å²) in [5.41, 5.74) is 13.3. The highest BCUT2D eigenvalue weighted by molar-refractivity contribution is 5.87. The molecule has 1 aromatic rings. The molecular weight excluding hydrogens is 955 g/mol. The number of hydrogen-bond acceptors (Lipinski definition) is 3. The Morgan fingerprint density at radius 3 is 1.27 bits per heavy atom. The van der Waals surface area contributed by atoms with Crippen molar-refractivity contribution in [3.05, 3.63) is 47.7 Å². The lowest BCUT2D eigenvalue weighted by atomic mass is 9.82. The number of allylic oxidation sites excluding steroid dienone is 3. The Morgan fingerprint density at radius 2 is 0.937 bits per heavy atom. The number of hydrogen-bond donors (Lipinski definition) is 1. The normalized spacial score (nSPS) is 12.4. The predicted octanol–water partition coefficient (Wildman–Crippen LogP) is 28.0. The highest BCUT2D eigenvalue weighted by Gasteiger charge is 2.17. The van der Waals surface area contributed by atoms with Gasteiger partial charge in [-0.3, -0.25) is 4.99 Å². The van der Waals surface area contributed by atoms with Crippen molar-refractivity contribution < 1.29 is 0 Å². The second-order valence-electron chi connectivity index (χ2n) is 25.1. The largest absolute Gasteiger partial charge is 0.382 e. The summed E-state index contributed by atoms with van der Waals surface area (Å²) in [7, 11) is 0. The molecule has 0 aliphatic heterocycles. The molecule has 0 saturated heterocycles. The van der Waals surface area contributed by atoms with Crippen LogP contribution in [0.15, 0.2) is 35.9 Å². The van der Waals surface area contributed by atoms with Gasteiger partial charge in [-0.05, 0) is 81.6 Å². The number of aliphatic imine (C=N–C) groups is 1. The van der Waals surface area contributed by atoms with Gasteiger partial charge in [-0.15, -0.1) is 6.58 Å². The third-order valence-corrected chi connectivity index (χ3v) is 16.6. The second-order valence-corrected chi connectivity index (χ2v) is 25.1. The molecule has 0 radical (unpaired) electrons. The van der Waals surface area contributed by atoms with Gasteiger partial charge in [-0.25, -0.2) is 4.98 Å². The number of pyridine rings is 1. The Bertz CT molecular complexity index is 1420. The van der Waals surface area contributed by atoms with Gasteiger partial charge in [0.25, 0.3) is 0 Å². The Morgan fingerprint density at radius 1 is 0.582 bits per heavy atom. The van der Waals surface area contributed by atoms with Gasteiger partial charge in [0.1, 0.15) is 11.5 Å². The Balaban J connectivity index is -0.000000440. The zero-order valence-corrected chi connectivity index (χ0v) is 57.6. The first-order valence-electron chi connectivity index (χ1n) is 35.4. The first-order valence-corrected chi connectivity index (χ1v) is 35.4. The first-order chi connectivity index (χ1) is 38.1. The molecule has 1 heterocycles. The van der Waals surface area contributed by atoms with E-state index in [9.17, 15) is 0 Å². The SMILES string of the molecule is C=C(CCCCCC)CC(C)(C)CC.C=CCC.CCC(C)=Nc1c(N)nc2c(c1C)C=CCC2.CCCCCCCCCCCCC.CCCCCCCCCCCCC.CCCCCCCCCCCCC(C)C(C)CC. The van der Waals surface area contributed by atoms with Crippen LogP contribution in [0.4, 0.5) is 11.5 Å². The van der Waals surface area contributed by atoms with E-state index in [1.165, 1.54) is 274 Å². The molecule has 2 atom stereocenters. The summed E-state index contributed by atoms with van der Waals surface area (Å²) in [5, 5.41) is 0. The van der Waals surface area contributed by atoms with E-state index in [0.29, 0.717) is 11.2 Å². The molecule has 1 aliphatic rings. The molecule has 79 heavy (non-hydrogen) atoms. The highest BCUT2D eigenvalue weighted by Crippen LogP contribution is 2.33. The van der Waals surface area contributed by atoms with E-state index in [2.05, 4.69) is 139 Å². The number of rotatable bonds is 44. The van der Waals surface area contributed by atoms with Gasteiger partial charge in [-0.2, -0.15) is 0 Å². The van der Waals surface area contributed by atoms with Crippen LogP contribution >= 0.6 is 0 Å². The van der Waals surface area contributed by atoms with Gasteiger partial charge >= 0.3 is 0 Å². The fraction of sp³-hybridized carbons (Fsp3) is 0.842. The third kappa shape index (κ3) is 58.8. The van der Waals surface area contributed by atoms with Gasteiger partial charge < -0.3 is 5.73 Å². The molecule has 0 saturated carbocycles. The van der Waals surface area contributed by atoms with Gasteiger partial charge in [-0.1, -0.05) is 371 Å². The summed E-state index contributed by atoms with van der Waals surface area (Å²) in [5.74, 6) is 2.41. The van der Waals surface area contributed by atoms with Crippen LogP contribution in [0.3, 0.4) is 0 Å². The van der Waals surface area contributed by atoms with Crippen LogP contribution in [0.1, 0.15) is 403 Å². The minimum absolute atomic E-state index is 0.460. The van der Waals surface area contributed by atoms with Crippen LogP contribution in [0.5, 0.6) is 0 Å². The van der Waals surface area contributed by atoms with E-state index in [4.69, 9.17) is 5.73 Å². The number of aryl methyl sites for hydroxylation is 1. The van der Waals surface area contributed by atoms with E-state index in [1.807, 2.05) is 13.0 Å². The fourth-order valence-corrected chi connectivity index (χ4v) is 9.85. The van der Waals surface area contributed by atoms with Gasteiger partial charge in [0.05, 0.1) is 5.69 Å². The highest BCUT2D eigenvalue weighted by atomic mass is 14.9. The molecule has 0 fully saturated rings. The second kappa shape index (κ2) is 65.0. The van der Waals surface area contributed by atoms with Crippen LogP contribution in [-0.2, 0) is 6.42 Å². The van der Waals surface area contributed by atoms with Crippen LogP contribution in [-0.4, -0.2) is 10.7 Å². The molecule has 0 spiro atoms. The Hall–Kier alpha value is -2.16. The minimum Gasteiger partial charge on any atom is -0.382 e. The van der Waals surface area contributed by atoms with Crippen molar-refractivity contribution in [3.63, 3.8) is 0 Å². The Kier molecular flexibility index (Phi) is 68.5. The van der Waals surface area contributed by atoms with E-state index in [1.54, 1.807) is 0 Å². The summed E-state index contributed by atoms with van der Waals surface area (Å²) >= 11 is 0. The smallest absolute Gasteiger partial charge is 0.149 e. The van der Waals surface area contributed by atoms with Crippen molar-refractivity contribution in [2.45, 2.75) is 400 Å². The van der Waals surface area contributed by atoms with Crippen molar-refractivity contribution in [1.29, 1.82) is 0 Å². The molecule has 1 aromatic heterocycles. The molecule has 0 bridgehead atoms. The number of nitrogen functional groups attached to an aromatic ring is 1. The van der Waals surface area contributed by atoms with Crippen molar-refractivity contribution in [2.24, 2.45) is 22.2 Å². The zero-order chi connectivity index (χ0) is 60.1. The molecule has 2 rings (SSSR count). The number of unbranched alkanes of at least 4 members (excludes halogenated alkanes) is 32. The van der Waals surface area contributed by atoms with Gasteiger partial charge in [0.2, 0.25) is 0 Å². The number of anilines is 1. The van der Waals surface area contributed by atoms with E-state index >= 15 is 0 Å². The first kappa shape index (κ1) is 83.3. The quantitative estimate of drug-likeness (QED) is 0.0402. The summed E-state index contributed by atoms with van der Waals surface area (Å²) in [6.07, 6.45) is 68.6. The van der Waals surface area contributed by atoms with Crippen LogP contribution < -0.4 is 5.73 Å². The number of aromatic nitrogens is 1. The van der Waals surface area contributed by atoms with E-state index < -0.39 is 0 Å². The molecule has 2 N–H and O–H groups in total. The van der Waals surface area contributed by atoms with E-state index in [0.717, 1.165) is 60.2 Å². The maximum atomic E-state index is 6.01. The number of fused-ring (bicyclic) bond motifs is 1. The van der Waals surface area contributed by atoms with E-state index in [-0.39, 0.29) is 0 Å². The molecular formula is C76H149N3. The molecule has 468 valence electrons. The molecule has 0 aromatic carbocycles. The number of nitrogens with two attached hydrogens (primary N) is 1. The summed E-state index contributed by atoms with van der Waals surface area (Å²) < 4.78 is 0. The van der Waals surface area contributed by atoms with Gasteiger partial charge in [0.15, 0.2) is 0 Å². The average molecular weight is 1110 g/mol. The van der Waals surface area contributed by atoms with Crippen molar-refractivity contribution in [3.8, 4) is 0 Å². The maximum absolute atomic E-state index is 6.01. The monoisotopic (exact) mass is 1100 g/mol. The van der Waals surface area contributed by atoms with Crippen molar-refractivity contribution in [2.75, 3.05) is 5.73 Å². The lowest BCUT2D eigenvalue weighted by Gasteiger charge is -2.23. The van der Waals surface area contributed by atoms with Crippen molar-refractivity contribution in [1.82, 2.24) is 4.98 Å². The van der Waals surface area contributed by atoms with Crippen LogP contribution in [0, 0.1) is 24.2 Å². The lowest BCUT2D eigenvalue weighted by Crippen LogP contribution is -2.10. The predicted molar refractivity (Wildman–Crippen MR) is 370 cm³/mol. The summed E-state index contributed by atoms with van der Waals surface area (Å²) in [6.45, 7) is 43.7. The van der Waals surface area contributed by atoms with Crippen LogP contribution in [0.25, 0.3) is 6.08 Å². The summed E-state index contributed by atoms with van der Waals surface area (Å²) in [4.78, 5) is 9.06. The molecule has 3 nitrogen and oxygen atoms in total. The molecule has 1 aliphatic carbocycles. The van der Waals surface area contributed by atoms with Crippen LogP contribution in [0.2, 0.25) is 0 Å². The minimum atomic E-state index is 0.460. The fourth-order valence-electron chi connectivity index (χ4n) is 9.85. The van der Waals surface area contributed by atoms with Gasteiger partial charge in [0, 0.05) is 11.3 Å². The topological polar surface area (TPSA) is 51.3 Å². The Labute approximate surface area is 501 Å². The zero-order valence-electron chi connectivity index (χ0n) is 57.6. The third-order valence-electron chi connectivity index (χ3n) is 16.6. The maximum Gasteiger partial charge on any atom is 0.149 e. The molecule has 0 amide bonds. The molecule has 3 heteroatoms.